The average molecular weight is 391 g/mol. The molecule has 0 aliphatic heterocycles. The summed E-state index contributed by atoms with van der Waals surface area (Å²) < 4.78 is 5.02. The first-order chi connectivity index (χ1) is 13.0. The fourth-order valence-electron chi connectivity index (χ4n) is 2.23. The Labute approximate surface area is 163 Å². The Kier molecular flexibility index (Phi) is 7.97. The minimum Gasteiger partial charge on any atom is -0.385 e. The van der Waals surface area contributed by atoms with Crippen LogP contribution in [0.1, 0.15) is 17.8 Å². The fourth-order valence-corrected chi connectivity index (χ4v) is 2.42. The van der Waals surface area contributed by atoms with E-state index in [0.717, 1.165) is 11.4 Å². The number of hydrogen-bond donors (Lipinski definition) is 3. The lowest BCUT2D eigenvalue weighted by molar-refractivity contribution is 0.197. The molecule has 2 rings (SSSR count). The van der Waals surface area contributed by atoms with Crippen LogP contribution >= 0.6 is 11.6 Å². The topological polar surface area (TPSA) is 101 Å². The summed E-state index contributed by atoms with van der Waals surface area (Å²) in [6.45, 7) is 4.78. The molecule has 0 unspecified atom stereocenters. The molecule has 1 aromatic carbocycles. The van der Waals surface area contributed by atoms with Crippen LogP contribution in [0.2, 0.25) is 5.02 Å². The Hall–Kier alpha value is -2.71. The molecule has 9 heteroatoms. The molecule has 8 nitrogen and oxygen atoms in total. The van der Waals surface area contributed by atoms with Gasteiger partial charge in [0.2, 0.25) is 11.9 Å². The molecular weight excluding hydrogens is 368 g/mol. The molecule has 2 amide bonds. The van der Waals surface area contributed by atoms with Gasteiger partial charge < -0.3 is 10.1 Å². The van der Waals surface area contributed by atoms with E-state index in [9.17, 15) is 4.79 Å². The van der Waals surface area contributed by atoms with Crippen LogP contribution in [0.5, 0.6) is 0 Å². The number of halogens is 1. The van der Waals surface area contributed by atoms with E-state index in [1.807, 2.05) is 19.9 Å². The molecule has 0 bridgehead atoms. The number of amides is 2. The van der Waals surface area contributed by atoms with E-state index in [1.54, 1.807) is 31.4 Å². The van der Waals surface area contributed by atoms with Crippen LogP contribution in [0, 0.1) is 13.8 Å². The highest BCUT2D eigenvalue weighted by Crippen LogP contribution is 2.14. The minimum atomic E-state index is -0.459. The van der Waals surface area contributed by atoms with Crippen LogP contribution in [0.4, 0.5) is 16.4 Å². The third-order valence-corrected chi connectivity index (χ3v) is 3.54. The number of nitrogens with zero attached hydrogens (tertiary/aromatic N) is 3. The molecule has 1 heterocycles. The monoisotopic (exact) mass is 390 g/mol. The van der Waals surface area contributed by atoms with E-state index in [2.05, 4.69) is 30.9 Å². The molecule has 2 aromatic rings. The number of aliphatic imine (C=N–C) groups is 1. The maximum absolute atomic E-state index is 12.3. The van der Waals surface area contributed by atoms with Gasteiger partial charge in [0, 0.05) is 42.4 Å². The number of carbonyl (C=O) groups is 1. The zero-order chi connectivity index (χ0) is 19.6. The van der Waals surface area contributed by atoms with Crippen LogP contribution < -0.4 is 16.0 Å². The maximum atomic E-state index is 12.3. The lowest BCUT2D eigenvalue weighted by atomic mass is 10.3. The number of carbonyl (C=O) groups excluding carboxylic acids is 1. The number of aromatic nitrogens is 2. The molecule has 3 N–H and O–H groups in total. The quantitative estimate of drug-likeness (QED) is 0.399. The van der Waals surface area contributed by atoms with Crippen LogP contribution in [0.25, 0.3) is 0 Å². The van der Waals surface area contributed by atoms with Crippen LogP contribution in [-0.2, 0) is 4.74 Å². The van der Waals surface area contributed by atoms with Crippen molar-refractivity contribution in [3.63, 3.8) is 0 Å². The van der Waals surface area contributed by atoms with Crippen molar-refractivity contribution in [3.8, 4) is 0 Å². The highest BCUT2D eigenvalue weighted by molar-refractivity contribution is 6.30. The van der Waals surface area contributed by atoms with E-state index in [-0.39, 0.29) is 5.96 Å². The van der Waals surface area contributed by atoms with Gasteiger partial charge in [-0.05, 0) is 44.5 Å². The summed E-state index contributed by atoms with van der Waals surface area (Å²) in [4.78, 5) is 25.3. The Bertz CT molecular complexity index is 792. The second-order valence-electron chi connectivity index (χ2n) is 5.77. The molecule has 0 fully saturated rings. The van der Waals surface area contributed by atoms with Gasteiger partial charge in [-0.15, -0.1) is 0 Å². The van der Waals surface area contributed by atoms with Crippen molar-refractivity contribution >= 4 is 35.2 Å². The number of rotatable bonds is 6. The number of guanidine groups is 1. The van der Waals surface area contributed by atoms with Crippen molar-refractivity contribution in [3.05, 3.63) is 46.7 Å². The molecule has 0 spiro atoms. The van der Waals surface area contributed by atoms with Gasteiger partial charge in [-0.3, -0.25) is 15.6 Å². The van der Waals surface area contributed by atoms with E-state index in [0.29, 0.717) is 36.2 Å². The molecule has 0 saturated carbocycles. The second kappa shape index (κ2) is 10.4. The summed E-state index contributed by atoms with van der Waals surface area (Å²) in [7, 11) is 1.63. The number of hydrogen-bond acceptors (Lipinski definition) is 5. The number of nitrogens with one attached hydrogen (secondary N) is 3. The lowest BCUT2D eigenvalue weighted by Gasteiger charge is -2.12. The predicted molar refractivity (Wildman–Crippen MR) is 108 cm³/mol. The van der Waals surface area contributed by atoms with Gasteiger partial charge in [0.25, 0.3) is 0 Å². The van der Waals surface area contributed by atoms with E-state index >= 15 is 0 Å². The highest BCUT2D eigenvalue weighted by atomic mass is 35.5. The van der Waals surface area contributed by atoms with Crippen molar-refractivity contribution in [2.24, 2.45) is 4.99 Å². The largest absolute Gasteiger partial charge is 0.385 e. The summed E-state index contributed by atoms with van der Waals surface area (Å²) in [6.07, 6.45) is 0.715. The summed E-state index contributed by atoms with van der Waals surface area (Å²) in [5.41, 5.74) is 2.20. The first-order valence-corrected chi connectivity index (χ1v) is 8.80. The van der Waals surface area contributed by atoms with Gasteiger partial charge >= 0.3 is 6.03 Å². The Morgan fingerprint density at radius 2 is 1.93 bits per heavy atom. The third-order valence-electron chi connectivity index (χ3n) is 3.30. The molecule has 144 valence electrons. The van der Waals surface area contributed by atoms with E-state index in [4.69, 9.17) is 16.3 Å². The summed E-state index contributed by atoms with van der Waals surface area (Å²) in [6, 6.07) is 8.27. The standard InChI is InChI=1S/C18H23ClN6O2/c1-12-10-13(2)22-17(21-12)24-16(20-8-5-9-27-3)25-18(26)23-15-7-4-6-14(19)11-15/h4,6-7,10-11H,5,8-9H2,1-3H3,(H3,20,21,22,23,24,25,26). The van der Waals surface area contributed by atoms with Crippen molar-refractivity contribution in [2.45, 2.75) is 20.3 Å². The zero-order valence-electron chi connectivity index (χ0n) is 15.5. The van der Waals surface area contributed by atoms with Gasteiger partial charge in [-0.1, -0.05) is 17.7 Å². The van der Waals surface area contributed by atoms with Gasteiger partial charge in [0.05, 0.1) is 0 Å². The molecule has 0 aliphatic rings. The Morgan fingerprint density at radius 3 is 2.59 bits per heavy atom. The number of ether oxygens (including phenoxy) is 1. The van der Waals surface area contributed by atoms with Crippen LogP contribution in [-0.4, -0.2) is 42.2 Å². The fraction of sp³-hybridized carbons (Fsp3) is 0.333. The zero-order valence-corrected chi connectivity index (χ0v) is 16.3. The lowest BCUT2D eigenvalue weighted by Crippen LogP contribution is -2.39. The highest BCUT2D eigenvalue weighted by Gasteiger charge is 2.09. The first-order valence-electron chi connectivity index (χ1n) is 8.42. The second-order valence-corrected chi connectivity index (χ2v) is 6.20. The van der Waals surface area contributed by atoms with Crippen molar-refractivity contribution < 1.29 is 9.53 Å². The molecular formula is C18H23ClN6O2. The number of benzene rings is 1. The van der Waals surface area contributed by atoms with Gasteiger partial charge in [-0.2, -0.15) is 0 Å². The average Bonchev–Trinajstić information content (AvgIpc) is 2.57. The third kappa shape index (κ3) is 7.59. The normalized spacial score (nSPS) is 11.2. The minimum absolute atomic E-state index is 0.246. The molecule has 0 radical (unpaired) electrons. The number of urea groups is 1. The number of aryl methyl sites for hydroxylation is 2. The predicted octanol–water partition coefficient (Wildman–Crippen LogP) is 3.37. The Morgan fingerprint density at radius 1 is 1.19 bits per heavy atom. The molecule has 0 saturated heterocycles. The molecule has 0 atom stereocenters. The van der Waals surface area contributed by atoms with Gasteiger partial charge in [0.1, 0.15) is 0 Å². The number of methoxy groups -OCH3 is 1. The van der Waals surface area contributed by atoms with E-state index in [1.165, 1.54) is 0 Å². The molecule has 0 aliphatic carbocycles. The first kappa shape index (κ1) is 20.6. The smallest absolute Gasteiger partial charge is 0.326 e. The van der Waals surface area contributed by atoms with Crippen LogP contribution in [0.3, 0.4) is 0 Å². The molecule has 27 heavy (non-hydrogen) atoms. The Balaban J connectivity index is 2.07. The van der Waals surface area contributed by atoms with Gasteiger partial charge in [-0.25, -0.2) is 14.8 Å². The van der Waals surface area contributed by atoms with Gasteiger partial charge in [0.15, 0.2) is 0 Å². The SMILES string of the molecule is COCCCN=C(NC(=O)Nc1cccc(Cl)c1)Nc1nc(C)cc(C)n1. The summed E-state index contributed by atoms with van der Waals surface area (Å²) in [5, 5.41) is 8.86. The summed E-state index contributed by atoms with van der Waals surface area (Å²) in [5.74, 6) is 0.608. The van der Waals surface area contributed by atoms with Crippen molar-refractivity contribution in [1.29, 1.82) is 0 Å². The molecule has 1 aromatic heterocycles. The maximum Gasteiger partial charge on any atom is 0.326 e. The van der Waals surface area contributed by atoms with Crippen LogP contribution in [0.15, 0.2) is 35.3 Å². The van der Waals surface area contributed by atoms with Crippen molar-refractivity contribution in [2.75, 3.05) is 30.9 Å². The number of anilines is 2. The summed E-state index contributed by atoms with van der Waals surface area (Å²) >= 11 is 5.93. The van der Waals surface area contributed by atoms with Crippen molar-refractivity contribution in [1.82, 2.24) is 15.3 Å². The van der Waals surface area contributed by atoms with E-state index < -0.39 is 6.03 Å².